The molecule has 4 rings (SSSR count). The molecule has 28 heavy (non-hydrogen) atoms. The predicted octanol–water partition coefficient (Wildman–Crippen LogP) is 3.44. The van der Waals surface area contributed by atoms with Crippen molar-refractivity contribution in [2.24, 2.45) is 0 Å². The largest absolute Gasteiger partial charge is 0.490 e. The van der Waals surface area contributed by atoms with Crippen molar-refractivity contribution in [3.05, 3.63) is 59.4 Å². The van der Waals surface area contributed by atoms with Gasteiger partial charge < -0.3 is 14.8 Å². The molecule has 1 fully saturated rings. The van der Waals surface area contributed by atoms with E-state index in [1.807, 2.05) is 6.07 Å². The second-order valence-corrected chi connectivity index (χ2v) is 7.29. The Balaban J connectivity index is 1.37. The molecule has 2 aromatic carbocycles. The van der Waals surface area contributed by atoms with Gasteiger partial charge in [0.15, 0.2) is 11.5 Å². The molecule has 5 nitrogen and oxygen atoms in total. The van der Waals surface area contributed by atoms with Crippen LogP contribution in [0.3, 0.4) is 0 Å². The molecule has 1 saturated heterocycles. The maximum Gasteiger partial charge on any atom is 0.234 e. The number of benzene rings is 2. The van der Waals surface area contributed by atoms with Gasteiger partial charge in [-0.1, -0.05) is 18.2 Å². The fourth-order valence-corrected chi connectivity index (χ4v) is 3.82. The van der Waals surface area contributed by atoms with E-state index >= 15 is 0 Å². The highest BCUT2D eigenvalue weighted by Gasteiger charge is 2.28. The van der Waals surface area contributed by atoms with Crippen LogP contribution in [0.5, 0.6) is 11.5 Å². The number of amides is 1. The summed E-state index contributed by atoms with van der Waals surface area (Å²) in [5.41, 5.74) is 2.05. The summed E-state index contributed by atoms with van der Waals surface area (Å²) in [5.74, 6) is 1.29. The third kappa shape index (κ3) is 4.44. The maximum atomic E-state index is 13.0. The van der Waals surface area contributed by atoms with Crippen LogP contribution in [0.1, 0.15) is 36.4 Å². The molecule has 0 aliphatic carbocycles. The summed E-state index contributed by atoms with van der Waals surface area (Å²) >= 11 is 0. The fraction of sp³-hybridized carbons (Fsp3) is 0.409. The monoisotopic (exact) mass is 384 g/mol. The molecule has 6 heteroatoms. The van der Waals surface area contributed by atoms with Crippen molar-refractivity contribution in [1.82, 2.24) is 10.2 Å². The topological polar surface area (TPSA) is 50.8 Å². The summed E-state index contributed by atoms with van der Waals surface area (Å²) in [7, 11) is 0. The van der Waals surface area contributed by atoms with Gasteiger partial charge in [0.1, 0.15) is 5.82 Å². The Morgan fingerprint density at radius 2 is 1.86 bits per heavy atom. The summed E-state index contributed by atoms with van der Waals surface area (Å²) in [6.45, 7) is 2.98. The van der Waals surface area contributed by atoms with Crippen LogP contribution in [0.4, 0.5) is 4.39 Å². The molecule has 0 bridgehead atoms. The standard InChI is InChI=1S/C22H25FN2O3/c23-18-7-4-16(5-8-18)14-24-22(26)15-25-10-1-3-19(25)17-6-9-20-21(13-17)28-12-2-11-27-20/h4-9,13,19H,1-3,10-12,14-15H2,(H,24,26)/t19-/m1/s1. The Hall–Kier alpha value is -2.60. The third-order valence-corrected chi connectivity index (χ3v) is 5.27. The first kappa shape index (κ1) is 18.7. The zero-order valence-corrected chi connectivity index (χ0v) is 15.8. The lowest BCUT2D eigenvalue weighted by Gasteiger charge is -2.25. The van der Waals surface area contributed by atoms with Crippen molar-refractivity contribution in [1.29, 1.82) is 0 Å². The second-order valence-electron chi connectivity index (χ2n) is 7.29. The highest BCUT2D eigenvalue weighted by atomic mass is 19.1. The number of hydrogen-bond acceptors (Lipinski definition) is 4. The predicted molar refractivity (Wildman–Crippen MR) is 104 cm³/mol. The SMILES string of the molecule is O=C(CN1CCC[C@@H]1c1ccc2c(c1)OCCCO2)NCc1ccc(F)cc1. The molecule has 2 aliphatic heterocycles. The Labute approximate surface area is 164 Å². The molecule has 1 amide bonds. The number of hydrogen-bond donors (Lipinski definition) is 1. The molecule has 2 heterocycles. The van der Waals surface area contributed by atoms with Crippen LogP contribution in [0.15, 0.2) is 42.5 Å². The molecule has 148 valence electrons. The number of ether oxygens (including phenoxy) is 2. The van der Waals surface area contributed by atoms with Crippen molar-refractivity contribution in [2.45, 2.75) is 31.8 Å². The molecule has 1 atom stereocenters. The minimum atomic E-state index is -0.273. The number of carbonyl (C=O) groups is 1. The Kier molecular flexibility index (Phi) is 5.76. The molecular formula is C22H25FN2O3. The Morgan fingerprint density at radius 3 is 2.68 bits per heavy atom. The molecule has 2 aliphatic rings. The van der Waals surface area contributed by atoms with Gasteiger partial charge in [-0.3, -0.25) is 9.69 Å². The third-order valence-electron chi connectivity index (χ3n) is 5.27. The molecule has 0 saturated carbocycles. The summed E-state index contributed by atoms with van der Waals surface area (Å²) in [6, 6.07) is 12.5. The quantitative estimate of drug-likeness (QED) is 0.858. The van der Waals surface area contributed by atoms with Gasteiger partial charge in [0.05, 0.1) is 19.8 Å². The van der Waals surface area contributed by atoms with Gasteiger partial charge in [-0.25, -0.2) is 4.39 Å². The van der Waals surface area contributed by atoms with E-state index in [0.717, 1.165) is 48.4 Å². The highest BCUT2D eigenvalue weighted by molar-refractivity contribution is 5.78. The van der Waals surface area contributed by atoms with Crippen LogP contribution in [-0.4, -0.2) is 37.1 Å². The van der Waals surface area contributed by atoms with Crippen LogP contribution in [0.25, 0.3) is 0 Å². The fourth-order valence-electron chi connectivity index (χ4n) is 3.82. The zero-order valence-electron chi connectivity index (χ0n) is 15.8. The number of nitrogens with one attached hydrogen (secondary N) is 1. The van der Waals surface area contributed by atoms with E-state index in [-0.39, 0.29) is 17.8 Å². The maximum absolute atomic E-state index is 13.0. The molecule has 0 aromatic heterocycles. The normalized spacial score (nSPS) is 19.2. The van der Waals surface area contributed by atoms with Crippen LogP contribution < -0.4 is 14.8 Å². The van der Waals surface area contributed by atoms with Crippen molar-refractivity contribution in [2.75, 3.05) is 26.3 Å². The zero-order chi connectivity index (χ0) is 19.3. The van der Waals surface area contributed by atoms with Crippen molar-refractivity contribution in [3.8, 4) is 11.5 Å². The summed E-state index contributed by atoms with van der Waals surface area (Å²) in [4.78, 5) is 14.6. The average molecular weight is 384 g/mol. The molecular weight excluding hydrogens is 359 g/mol. The molecule has 0 spiro atoms. The van der Waals surface area contributed by atoms with Crippen LogP contribution >= 0.6 is 0 Å². The lowest BCUT2D eigenvalue weighted by molar-refractivity contribution is -0.122. The minimum absolute atomic E-state index is 0.0226. The first-order valence-electron chi connectivity index (χ1n) is 9.84. The Bertz CT molecular complexity index is 825. The number of likely N-dealkylation sites (tertiary alicyclic amines) is 1. The van der Waals surface area contributed by atoms with E-state index in [1.54, 1.807) is 12.1 Å². The van der Waals surface area contributed by atoms with Crippen LogP contribution in [0.2, 0.25) is 0 Å². The van der Waals surface area contributed by atoms with E-state index in [4.69, 9.17) is 9.47 Å². The van der Waals surface area contributed by atoms with Gasteiger partial charge in [0.2, 0.25) is 5.91 Å². The molecule has 1 N–H and O–H groups in total. The van der Waals surface area contributed by atoms with Gasteiger partial charge in [0, 0.05) is 19.0 Å². The number of fused-ring (bicyclic) bond motifs is 1. The van der Waals surface area contributed by atoms with Gasteiger partial charge in [-0.05, 0) is 54.8 Å². The lowest BCUT2D eigenvalue weighted by atomic mass is 10.0. The van der Waals surface area contributed by atoms with Crippen molar-refractivity contribution >= 4 is 5.91 Å². The molecule has 2 aromatic rings. The first-order valence-corrected chi connectivity index (χ1v) is 9.84. The van der Waals surface area contributed by atoms with Crippen LogP contribution in [0, 0.1) is 5.82 Å². The number of nitrogens with zero attached hydrogens (tertiary/aromatic N) is 1. The number of rotatable bonds is 5. The van der Waals surface area contributed by atoms with Gasteiger partial charge in [-0.15, -0.1) is 0 Å². The first-order chi connectivity index (χ1) is 13.7. The lowest BCUT2D eigenvalue weighted by Crippen LogP contribution is -2.36. The van der Waals surface area contributed by atoms with Gasteiger partial charge >= 0.3 is 0 Å². The second kappa shape index (κ2) is 8.61. The summed E-state index contributed by atoms with van der Waals surface area (Å²) in [6.07, 6.45) is 2.96. The van der Waals surface area contributed by atoms with Crippen molar-refractivity contribution in [3.63, 3.8) is 0 Å². The minimum Gasteiger partial charge on any atom is -0.490 e. The van der Waals surface area contributed by atoms with E-state index in [2.05, 4.69) is 22.3 Å². The summed E-state index contributed by atoms with van der Waals surface area (Å²) in [5, 5.41) is 2.93. The Morgan fingerprint density at radius 1 is 1.07 bits per heavy atom. The molecule has 0 unspecified atom stereocenters. The van der Waals surface area contributed by atoms with E-state index < -0.39 is 0 Å². The van der Waals surface area contributed by atoms with E-state index in [0.29, 0.717) is 26.3 Å². The smallest absolute Gasteiger partial charge is 0.234 e. The number of halogens is 1. The van der Waals surface area contributed by atoms with E-state index in [1.165, 1.54) is 12.1 Å². The van der Waals surface area contributed by atoms with Gasteiger partial charge in [-0.2, -0.15) is 0 Å². The highest BCUT2D eigenvalue weighted by Crippen LogP contribution is 2.37. The number of carbonyl (C=O) groups excluding carboxylic acids is 1. The summed E-state index contributed by atoms with van der Waals surface area (Å²) < 4.78 is 24.5. The molecule has 0 radical (unpaired) electrons. The van der Waals surface area contributed by atoms with Crippen molar-refractivity contribution < 1.29 is 18.7 Å². The van der Waals surface area contributed by atoms with E-state index in [9.17, 15) is 9.18 Å². The average Bonchev–Trinajstić information content (AvgIpc) is 3.03. The van der Waals surface area contributed by atoms with Gasteiger partial charge in [0.25, 0.3) is 0 Å². The van der Waals surface area contributed by atoms with Crippen LogP contribution in [-0.2, 0) is 11.3 Å².